The molecule has 1 saturated heterocycles. The lowest BCUT2D eigenvalue weighted by Gasteiger charge is -2.36. The number of aromatic nitrogens is 1. The molecule has 25 heavy (non-hydrogen) atoms. The highest BCUT2D eigenvalue weighted by Crippen LogP contribution is 2.22. The molecule has 0 unspecified atom stereocenters. The van der Waals surface area contributed by atoms with Gasteiger partial charge in [-0.3, -0.25) is 14.7 Å². The maximum Gasteiger partial charge on any atom is 0.255 e. The molecule has 1 aliphatic heterocycles. The average molecular weight is 362 g/mol. The van der Waals surface area contributed by atoms with Crippen molar-refractivity contribution in [2.45, 2.75) is 25.1 Å². The number of aliphatic hydroxyl groups is 1. The van der Waals surface area contributed by atoms with Crippen LogP contribution in [0.15, 0.2) is 42.7 Å². The standard InChI is InChI=1S/C18H20ClN3O3/c19-13-3-4-16(23)14(8-13)18(25)21-15-5-7-22(11-17(15)24)10-12-2-1-6-20-9-12/h1-4,6,8-9,15,17,23-24H,5,7,10-11H2,(H,21,25)/t15-,17-/m1/s1. The number of carbonyl (C=O) groups is 1. The molecular formula is C18H20ClN3O3. The summed E-state index contributed by atoms with van der Waals surface area (Å²) in [7, 11) is 0. The molecule has 0 aliphatic carbocycles. The molecule has 1 aliphatic rings. The van der Waals surface area contributed by atoms with E-state index < -0.39 is 12.0 Å². The third-order valence-electron chi connectivity index (χ3n) is 4.31. The molecule has 7 heteroatoms. The van der Waals surface area contributed by atoms with Gasteiger partial charge >= 0.3 is 0 Å². The van der Waals surface area contributed by atoms with Crippen molar-refractivity contribution in [1.82, 2.24) is 15.2 Å². The van der Waals surface area contributed by atoms with E-state index in [4.69, 9.17) is 11.6 Å². The summed E-state index contributed by atoms with van der Waals surface area (Å²) in [4.78, 5) is 18.6. The number of piperidine rings is 1. The smallest absolute Gasteiger partial charge is 0.255 e. The lowest BCUT2D eigenvalue weighted by atomic mass is 10.0. The first-order valence-corrected chi connectivity index (χ1v) is 8.49. The predicted octanol–water partition coefficient (Wildman–Crippen LogP) is 1.81. The Hall–Kier alpha value is -2.15. The van der Waals surface area contributed by atoms with Crippen molar-refractivity contribution in [3.63, 3.8) is 0 Å². The van der Waals surface area contributed by atoms with E-state index >= 15 is 0 Å². The van der Waals surface area contributed by atoms with Gasteiger partial charge in [-0.25, -0.2) is 0 Å². The van der Waals surface area contributed by atoms with Crippen LogP contribution < -0.4 is 5.32 Å². The molecule has 0 radical (unpaired) electrons. The summed E-state index contributed by atoms with van der Waals surface area (Å²) in [5.41, 5.74) is 1.19. The molecule has 2 heterocycles. The van der Waals surface area contributed by atoms with Gasteiger partial charge in [-0.2, -0.15) is 0 Å². The molecule has 0 bridgehead atoms. The van der Waals surface area contributed by atoms with E-state index in [-0.39, 0.29) is 17.4 Å². The third-order valence-corrected chi connectivity index (χ3v) is 4.55. The Kier molecular flexibility index (Phi) is 5.53. The number of pyridine rings is 1. The number of β-amino-alcohol motifs (C(OH)–C–C–N with tert-alkyl or cyclic N) is 1. The van der Waals surface area contributed by atoms with Gasteiger partial charge in [0, 0.05) is 37.1 Å². The van der Waals surface area contributed by atoms with Crippen molar-refractivity contribution in [3.8, 4) is 5.75 Å². The average Bonchev–Trinajstić information content (AvgIpc) is 2.60. The number of nitrogens with zero attached hydrogens (tertiary/aromatic N) is 2. The first-order chi connectivity index (χ1) is 12.0. The van der Waals surface area contributed by atoms with Crippen molar-refractivity contribution in [3.05, 3.63) is 58.9 Å². The largest absolute Gasteiger partial charge is 0.507 e. The van der Waals surface area contributed by atoms with Crippen LogP contribution in [0.2, 0.25) is 5.02 Å². The maximum atomic E-state index is 12.3. The van der Waals surface area contributed by atoms with Crippen molar-refractivity contribution < 1.29 is 15.0 Å². The number of likely N-dealkylation sites (tertiary alicyclic amines) is 1. The highest BCUT2D eigenvalue weighted by atomic mass is 35.5. The van der Waals surface area contributed by atoms with Gasteiger partial charge in [0.05, 0.1) is 17.7 Å². The Morgan fingerprint density at radius 1 is 1.40 bits per heavy atom. The Morgan fingerprint density at radius 3 is 2.96 bits per heavy atom. The van der Waals surface area contributed by atoms with E-state index in [0.29, 0.717) is 24.5 Å². The van der Waals surface area contributed by atoms with Crippen LogP contribution >= 0.6 is 11.6 Å². The number of amides is 1. The second-order valence-corrected chi connectivity index (χ2v) is 6.63. The van der Waals surface area contributed by atoms with Gasteiger partial charge in [0.1, 0.15) is 5.75 Å². The fraction of sp³-hybridized carbons (Fsp3) is 0.333. The summed E-state index contributed by atoms with van der Waals surface area (Å²) in [5.74, 6) is -0.574. The minimum Gasteiger partial charge on any atom is -0.507 e. The number of hydrogen-bond acceptors (Lipinski definition) is 5. The molecule has 2 aromatic rings. The van der Waals surface area contributed by atoms with E-state index in [9.17, 15) is 15.0 Å². The third kappa shape index (κ3) is 4.48. The van der Waals surface area contributed by atoms with Crippen LogP contribution in [0.25, 0.3) is 0 Å². The summed E-state index contributed by atoms with van der Waals surface area (Å²) >= 11 is 5.88. The monoisotopic (exact) mass is 361 g/mol. The Balaban J connectivity index is 1.58. The van der Waals surface area contributed by atoms with Gasteiger partial charge in [0.2, 0.25) is 0 Å². The molecule has 0 spiro atoms. The second-order valence-electron chi connectivity index (χ2n) is 6.19. The van der Waals surface area contributed by atoms with E-state index in [1.807, 2.05) is 18.3 Å². The lowest BCUT2D eigenvalue weighted by Crippen LogP contribution is -2.53. The summed E-state index contributed by atoms with van der Waals surface area (Å²) in [6.07, 6.45) is 3.47. The number of benzene rings is 1. The van der Waals surface area contributed by atoms with Gasteiger partial charge in [0.15, 0.2) is 0 Å². The van der Waals surface area contributed by atoms with Gasteiger partial charge in [-0.1, -0.05) is 17.7 Å². The number of aliphatic hydroxyl groups excluding tert-OH is 1. The van der Waals surface area contributed by atoms with Gasteiger partial charge < -0.3 is 15.5 Å². The molecular weight excluding hydrogens is 342 g/mol. The Labute approximate surface area is 151 Å². The predicted molar refractivity (Wildman–Crippen MR) is 94.5 cm³/mol. The summed E-state index contributed by atoms with van der Waals surface area (Å²) in [6.45, 7) is 1.92. The quantitative estimate of drug-likeness (QED) is 0.773. The SMILES string of the molecule is O=C(N[C@@H]1CCN(Cc2cccnc2)C[C@H]1O)c1cc(Cl)ccc1O. The van der Waals surface area contributed by atoms with Crippen LogP contribution in [0.4, 0.5) is 0 Å². The number of halogens is 1. The van der Waals surface area contributed by atoms with Crippen molar-refractivity contribution in [2.24, 2.45) is 0 Å². The van der Waals surface area contributed by atoms with E-state index in [1.54, 1.807) is 6.20 Å². The van der Waals surface area contributed by atoms with E-state index in [0.717, 1.165) is 12.1 Å². The summed E-state index contributed by atoms with van der Waals surface area (Å²) in [6, 6.07) is 7.82. The molecule has 1 fully saturated rings. The normalized spacial score (nSPS) is 21.0. The topological polar surface area (TPSA) is 85.7 Å². The molecule has 1 aromatic carbocycles. The van der Waals surface area contributed by atoms with Crippen LogP contribution in [0, 0.1) is 0 Å². The molecule has 1 amide bonds. The summed E-state index contributed by atoms with van der Waals surface area (Å²) < 4.78 is 0. The Bertz CT molecular complexity index is 742. The molecule has 132 valence electrons. The fourth-order valence-electron chi connectivity index (χ4n) is 3.00. The van der Waals surface area contributed by atoms with Gasteiger partial charge in [-0.15, -0.1) is 0 Å². The van der Waals surface area contributed by atoms with Crippen molar-refractivity contribution in [1.29, 1.82) is 0 Å². The molecule has 3 rings (SSSR count). The first-order valence-electron chi connectivity index (χ1n) is 8.11. The molecule has 3 N–H and O–H groups in total. The lowest BCUT2D eigenvalue weighted by molar-refractivity contribution is 0.0348. The maximum absolute atomic E-state index is 12.3. The number of aromatic hydroxyl groups is 1. The number of nitrogens with one attached hydrogen (secondary N) is 1. The number of rotatable bonds is 4. The highest BCUT2D eigenvalue weighted by Gasteiger charge is 2.29. The van der Waals surface area contributed by atoms with Crippen LogP contribution in [-0.4, -0.2) is 51.2 Å². The summed E-state index contributed by atoms with van der Waals surface area (Å²) in [5, 5.41) is 23.3. The second kappa shape index (κ2) is 7.82. The van der Waals surface area contributed by atoms with Crippen LogP contribution in [0.3, 0.4) is 0 Å². The minimum atomic E-state index is -0.685. The zero-order valence-corrected chi connectivity index (χ0v) is 14.4. The van der Waals surface area contributed by atoms with Crippen LogP contribution in [0.1, 0.15) is 22.3 Å². The van der Waals surface area contributed by atoms with Crippen molar-refractivity contribution in [2.75, 3.05) is 13.1 Å². The molecule has 0 saturated carbocycles. The van der Waals surface area contributed by atoms with Crippen molar-refractivity contribution >= 4 is 17.5 Å². The fourth-order valence-corrected chi connectivity index (χ4v) is 3.17. The molecule has 2 atom stereocenters. The first kappa shape index (κ1) is 17.7. The minimum absolute atomic E-state index is 0.109. The molecule has 1 aromatic heterocycles. The number of phenolic OH excluding ortho intramolecular Hbond substituents is 1. The molecule has 6 nitrogen and oxygen atoms in total. The Morgan fingerprint density at radius 2 is 2.24 bits per heavy atom. The number of carbonyl (C=O) groups excluding carboxylic acids is 1. The number of hydrogen-bond donors (Lipinski definition) is 3. The number of phenols is 1. The van der Waals surface area contributed by atoms with E-state index in [1.165, 1.54) is 18.2 Å². The van der Waals surface area contributed by atoms with Gasteiger partial charge in [0.25, 0.3) is 5.91 Å². The van der Waals surface area contributed by atoms with Crippen LogP contribution in [-0.2, 0) is 6.54 Å². The van der Waals surface area contributed by atoms with Crippen LogP contribution in [0.5, 0.6) is 5.75 Å². The highest BCUT2D eigenvalue weighted by molar-refractivity contribution is 6.31. The van der Waals surface area contributed by atoms with Gasteiger partial charge in [-0.05, 0) is 36.2 Å². The zero-order chi connectivity index (χ0) is 17.8. The zero-order valence-electron chi connectivity index (χ0n) is 13.6. The van der Waals surface area contributed by atoms with E-state index in [2.05, 4.69) is 15.2 Å².